The Morgan fingerprint density at radius 3 is 2.23 bits per heavy atom. The second-order valence-corrected chi connectivity index (χ2v) is 5.92. The third kappa shape index (κ3) is 3.01. The molecule has 0 N–H and O–H groups in total. The normalized spacial score (nSPS) is 30.5. The summed E-state index contributed by atoms with van der Waals surface area (Å²) in [5, 5.41) is -0.454. The lowest BCUT2D eigenvalue weighted by atomic mass is 9.91. The van der Waals surface area contributed by atoms with Gasteiger partial charge in [0.2, 0.25) is 0 Å². The Bertz CT molecular complexity index is 266. The van der Waals surface area contributed by atoms with Crippen LogP contribution in [0.4, 0.5) is 0 Å². The van der Waals surface area contributed by atoms with Crippen LogP contribution in [-0.4, -0.2) is 13.7 Å². The predicted octanol–water partition coefficient (Wildman–Crippen LogP) is 2.12. The van der Waals surface area contributed by atoms with Crippen LogP contribution in [0.3, 0.4) is 0 Å². The van der Waals surface area contributed by atoms with Gasteiger partial charge in [0.05, 0.1) is 5.25 Å². The van der Waals surface area contributed by atoms with Gasteiger partial charge in [-0.25, -0.2) is 4.57 Å². The van der Waals surface area contributed by atoms with E-state index in [1.54, 1.807) is 0 Å². The van der Waals surface area contributed by atoms with Crippen LogP contribution in [0.15, 0.2) is 0 Å². The zero-order valence-electron chi connectivity index (χ0n) is 7.47. The quantitative estimate of drug-likeness (QED) is 0.689. The van der Waals surface area contributed by atoms with Gasteiger partial charge in [-0.3, -0.25) is 0 Å². The van der Waals surface area contributed by atoms with E-state index in [0.29, 0.717) is 18.8 Å². The maximum Gasteiger partial charge on any atom is 0.343 e. The zero-order chi connectivity index (χ0) is 9.90. The van der Waals surface area contributed by atoms with Crippen LogP contribution in [0.5, 0.6) is 0 Å². The van der Waals surface area contributed by atoms with Gasteiger partial charge in [-0.1, -0.05) is 6.92 Å². The first-order chi connectivity index (χ1) is 6.06. The Kier molecular flexibility index (Phi) is 3.83. The van der Waals surface area contributed by atoms with E-state index in [-0.39, 0.29) is 0 Å². The molecule has 0 spiro atoms. The van der Waals surface area contributed by atoms with Crippen molar-refractivity contribution in [1.29, 1.82) is 0 Å². The van der Waals surface area contributed by atoms with Crippen molar-refractivity contribution < 1.29 is 17.0 Å². The van der Waals surface area contributed by atoms with Gasteiger partial charge in [-0.2, -0.15) is 12.4 Å². The summed E-state index contributed by atoms with van der Waals surface area (Å²) in [6, 6.07) is 0. The molecule has 0 aromatic carbocycles. The van der Waals surface area contributed by atoms with Crippen LogP contribution in [0.2, 0.25) is 0 Å². The van der Waals surface area contributed by atoms with Gasteiger partial charge in [0.25, 0.3) is 10.1 Å². The van der Waals surface area contributed by atoms with Gasteiger partial charge in [0.1, 0.15) is 0 Å². The lowest BCUT2D eigenvalue weighted by Crippen LogP contribution is -2.26. The molecule has 1 aliphatic rings. The lowest BCUT2D eigenvalue weighted by molar-refractivity contribution is 0.368. The largest absolute Gasteiger partial charge is 0.343 e. The van der Waals surface area contributed by atoms with E-state index >= 15 is 0 Å². The minimum Gasteiger partial charge on any atom is -0.239 e. The smallest absolute Gasteiger partial charge is 0.239 e. The monoisotopic (exact) mass is 224 g/mol. The van der Waals surface area contributed by atoms with Gasteiger partial charge >= 0.3 is 8.69 Å². The number of rotatable bonds is 3. The molecule has 0 unspecified atom stereocenters. The minimum absolute atomic E-state index is 0.454. The highest BCUT2D eigenvalue weighted by atomic mass is 32.2. The molecule has 0 heterocycles. The third-order valence-electron chi connectivity index (χ3n) is 2.51. The molecule has 6 heteroatoms. The molecule has 0 aromatic rings. The molecule has 1 aliphatic carbocycles. The molecule has 76 valence electrons. The fourth-order valence-electron chi connectivity index (χ4n) is 1.62. The van der Waals surface area contributed by atoms with Crippen molar-refractivity contribution in [2.75, 3.05) is 0 Å². The molecule has 0 bridgehead atoms. The first kappa shape index (κ1) is 11.1. The summed E-state index contributed by atoms with van der Waals surface area (Å²) < 4.78 is 36.7. The average molecular weight is 224 g/mol. The summed E-state index contributed by atoms with van der Waals surface area (Å²) in [6.45, 7) is 2.11. The minimum atomic E-state index is -3.58. The zero-order valence-corrected chi connectivity index (χ0v) is 9.18. The Balaban J connectivity index is 2.58. The van der Waals surface area contributed by atoms with Crippen molar-refractivity contribution in [3.63, 3.8) is 0 Å². The molecule has 0 atom stereocenters. The number of hydrogen-bond donors (Lipinski definition) is 0. The lowest BCUT2D eigenvalue weighted by Gasteiger charge is -2.24. The summed E-state index contributed by atoms with van der Waals surface area (Å²) >= 11 is 0. The molecule has 1 saturated carbocycles. The Morgan fingerprint density at radius 1 is 1.23 bits per heavy atom. The molecule has 0 aliphatic heterocycles. The Hall–Kier alpha value is 0.01000. The maximum atomic E-state index is 11.3. The van der Waals surface area contributed by atoms with Crippen molar-refractivity contribution in [3.8, 4) is 0 Å². The molecular formula is C7H13O4PS. The Morgan fingerprint density at radius 2 is 1.77 bits per heavy atom. The van der Waals surface area contributed by atoms with Crippen molar-refractivity contribution in [3.05, 3.63) is 0 Å². The van der Waals surface area contributed by atoms with E-state index in [2.05, 4.69) is 10.9 Å². The van der Waals surface area contributed by atoms with E-state index in [1.165, 1.54) is 0 Å². The first-order valence-electron chi connectivity index (χ1n) is 4.31. The van der Waals surface area contributed by atoms with Crippen molar-refractivity contribution >= 4 is 18.8 Å². The highest BCUT2D eigenvalue weighted by Crippen LogP contribution is 2.29. The van der Waals surface area contributed by atoms with Gasteiger partial charge in [-0.15, -0.1) is 0 Å². The molecule has 1 fully saturated rings. The highest BCUT2D eigenvalue weighted by Gasteiger charge is 2.30. The van der Waals surface area contributed by atoms with Crippen LogP contribution in [0, 0.1) is 5.92 Å². The summed E-state index contributed by atoms with van der Waals surface area (Å²) in [5.41, 5.74) is 0. The van der Waals surface area contributed by atoms with Gasteiger partial charge in [0.15, 0.2) is 0 Å². The van der Waals surface area contributed by atoms with Crippen LogP contribution in [0.25, 0.3) is 0 Å². The molecular weight excluding hydrogens is 211 g/mol. The topological polar surface area (TPSA) is 60.4 Å². The molecule has 0 radical (unpaired) electrons. The predicted molar refractivity (Wildman–Crippen MR) is 49.0 cm³/mol. The molecule has 0 aromatic heterocycles. The van der Waals surface area contributed by atoms with Crippen LogP contribution in [-0.2, 0) is 18.7 Å². The van der Waals surface area contributed by atoms with Crippen LogP contribution >= 0.6 is 8.69 Å². The van der Waals surface area contributed by atoms with Crippen LogP contribution in [0.1, 0.15) is 32.6 Å². The highest BCUT2D eigenvalue weighted by molar-refractivity contribution is 7.89. The fourth-order valence-corrected chi connectivity index (χ4v) is 3.30. The SMILES string of the molecule is CC1CCC(S(=O)(=O)OP=O)CC1. The van der Waals surface area contributed by atoms with E-state index in [4.69, 9.17) is 0 Å². The van der Waals surface area contributed by atoms with Gasteiger partial charge in [0, 0.05) is 0 Å². The maximum absolute atomic E-state index is 11.3. The molecule has 0 saturated heterocycles. The average Bonchev–Trinajstić information content (AvgIpc) is 2.05. The van der Waals surface area contributed by atoms with Gasteiger partial charge in [-0.05, 0) is 31.6 Å². The van der Waals surface area contributed by atoms with E-state index in [0.717, 1.165) is 12.8 Å². The van der Waals surface area contributed by atoms with E-state index in [1.807, 2.05) is 0 Å². The Labute approximate surface area is 80.1 Å². The van der Waals surface area contributed by atoms with E-state index < -0.39 is 24.1 Å². The van der Waals surface area contributed by atoms with Crippen molar-refractivity contribution in [2.24, 2.45) is 5.92 Å². The summed E-state index contributed by atoms with van der Waals surface area (Å²) in [7, 11) is -4.35. The van der Waals surface area contributed by atoms with E-state index in [9.17, 15) is 13.0 Å². The summed E-state index contributed by atoms with van der Waals surface area (Å²) in [4.78, 5) is 0. The van der Waals surface area contributed by atoms with Crippen molar-refractivity contribution in [2.45, 2.75) is 37.9 Å². The standard InChI is InChI=1S/C7H13O4PS/c1-6-2-4-7(5-3-6)13(9,10)11-12-8/h6-7H,2-5H2,1H3. The summed E-state index contributed by atoms with van der Waals surface area (Å²) in [6.07, 6.45) is 3.06. The number of hydrogen-bond acceptors (Lipinski definition) is 4. The molecule has 4 nitrogen and oxygen atoms in total. The van der Waals surface area contributed by atoms with Crippen LogP contribution < -0.4 is 0 Å². The fraction of sp³-hybridized carbons (Fsp3) is 1.00. The molecule has 0 amide bonds. The first-order valence-corrected chi connectivity index (χ1v) is 6.51. The third-order valence-corrected chi connectivity index (χ3v) is 4.87. The second-order valence-electron chi connectivity index (χ2n) is 3.52. The van der Waals surface area contributed by atoms with Crippen molar-refractivity contribution in [1.82, 2.24) is 0 Å². The second kappa shape index (κ2) is 4.49. The van der Waals surface area contributed by atoms with Gasteiger partial charge < -0.3 is 0 Å². The molecule has 13 heavy (non-hydrogen) atoms. The molecule has 1 rings (SSSR count). The summed E-state index contributed by atoms with van der Waals surface area (Å²) in [5.74, 6) is 0.594.